The summed E-state index contributed by atoms with van der Waals surface area (Å²) in [5, 5.41) is 20.6. The average Bonchev–Trinajstić information content (AvgIpc) is 2.63. The number of hydrogen-bond donors (Lipinski definition) is 2. The van der Waals surface area contributed by atoms with Crippen LogP contribution >= 0.6 is 0 Å². The van der Waals surface area contributed by atoms with Crippen molar-refractivity contribution in [2.45, 2.75) is 11.4 Å². The number of aromatic carboxylic acids is 1. The maximum atomic E-state index is 12.8. The van der Waals surface area contributed by atoms with Crippen molar-refractivity contribution in [1.82, 2.24) is 4.31 Å². The molecule has 1 aliphatic heterocycles. The van der Waals surface area contributed by atoms with E-state index < -0.39 is 27.3 Å². The van der Waals surface area contributed by atoms with Crippen LogP contribution < -0.4 is 10.0 Å². The molecule has 7 nitrogen and oxygen atoms in total. The maximum Gasteiger partial charge on any atom is 0.335 e. The van der Waals surface area contributed by atoms with E-state index in [0.717, 1.165) is 18.7 Å². The molecule has 26 heavy (non-hydrogen) atoms. The van der Waals surface area contributed by atoms with Crippen LogP contribution in [0.1, 0.15) is 15.9 Å². The fraction of sp³-hybridized carbons (Fsp3) is 0.278. The lowest BCUT2D eigenvalue weighted by Crippen LogP contribution is -3.13. The first-order chi connectivity index (χ1) is 12.4. The van der Waals surface area contributed by atoms with Crippen LogP contribution in [0.25, 0.3) is 0 Å². The van der Waals surface area contributed by atoms with Gasteiger partial charge in [0.1, 0.15) is 6.54 Å². The van der Waals surface area contributed by atoms with Crippen molar-refractivity contribution in [3.05, 3.63) is 59.7 Å². The molecule has 0 aliphatic carbocycles. The number of sulfonamides is 1. The Morgan fingerprint density at radius 3 is 2.38 bits per heavy atom. The number of benzene rings is 2. The van der Waals surface area contributed by atoms with Gasteiger partial charge in [-0.2, -0.15) is 4.31 Å². The van der Waals surface area contributed by atoms with E-state index >= 15 is 0 Å². The van der Waals surface area contributed by atoms with Crippen molar-refractivity contribution in [2.24, 2.45) is 0 Å². The number of quaternary nitrogens is 1. The molecule has 0 radical (unpaired) electrons. The van der Waals surface area contributed by atoms with Gasteiger partial charge in [0.2, 0.25) is 10.0 Å². The monoisotopic (exact) mass is 376 g/mol. The number of carbonyl (C=O) groups is 1. The Bertz CT molecular complexity index is 891. The van der Waals surface area contributed by atoms with Crippen LogP contribution in [0.15, 0.2) is 53.4 Å². The zero-order chi connectivity index (χ0) is 18.7. The van der Waals surface area contributed by atoms with E-state index in [9.17, 15) is 18.3 Å². The second-order valence-corrected chi connectivity index (χ2v) is 8.22. The van der Waals surface area contributed by atoms with Crippen LogP contribution in [-0.2, 0) is 16.6 Å². The number of hydrogen-bond acceptors (Lipinski definition) is 4. The molecule has 0 aromatic heterocycles. The van der Waals surface area contributed by atoms with Crippen LogP contribution in [0, 0.1) is 0 Å². The fourth-order valence-corrected chi connectivity index (χ4v) is 4.56. The predicted octanol–water partition coefficient (Wildman–Crippen LogP) is -0.452. The number of rotatable bonds is 5. The predicted molar refractivity (Wildman–Crippen MR) is 92.4 cm³/mol. The number of piperazine rings is 1. The molecule has 1 saturated heterocycles. The van der Waals surface area contributed by atoms with E-state index in [2.05, 4.69) is 0 Å². The highest BCUT2D eigenvalue weighted by molar-refractivity contribution is 7.89. The van der Waals surface area contributed by atoms with Gasteiger partial charge in [-0.3, -0.25) is 0 Å². The molecular weight excluding hydrogens is 356 g/mol. The van der Waals surface area contributed by atoms with Crippen molar-refractivity contribution in [3.63, 3.8) is 0 Å². The molecule has 1 heterocycles. The summed E-state index contributed by atoms with van der Waals surface area (Å²) in [5.41, 5.74) is 0.676. The first-order valence-electron chi connectivity index (χ1n) is 8.30. The molecule has 0 bridgehead atoms. The standard InChI is InChI=1S/C18H20N2O5S/c21-17-7-6-15(12-16(17)18(22)23)26(24,25)20-10-8-19(9-11-20)13-14-4-2-1-3-5-14/h1-7,12,21H,8-11,13H2,(H,22,23). The minimum atomic E-state index is -3.81. The summed E-state index contributed by atoms with van der Waals surface area (Å²) in [7, 11) is -3.81. The Morgan fingerprint density at radius 1 is 1.12 bits per heavy atom. The second kappa shape index (κ2) is 7.45. The summed E-state index contributed by atoms with van der Waals surface area (Å²) in [6.07, 6.45) is 0. The SMILES string of the molecule is O=C(O)c1cc(S(=O)(=O)N2CC[NH+](Cc3ccccc3)CC2)ccc1[O-]. The minimum absolute atomic E-state index is 0.152. The van der Waals surface area contributed by atoms with Crippen molar-refractivity contribution in [3.8, 4) is 5.75 Å². The van der Waals surface area contributed by atoms with Crippen molar-refractivity contribution < 1.29 is 28.3 Å². The van der Waals surface area contributed by atoms with Gasteiger partial charge in [-0.15, -0.1) is 0 Å². The molecule has 2 aromatic rings. The first kappa shape index (κ1) is 18.4. The quantitative estimate of drug-likeness (QED) is 0.736. The Kier molecular flexibility index (Phi) is 5.26. The van der Waals surface area contributed by atoms with E-state index in [1.54, 1.807) is 0 Å². The van der Waals surface area contributed by atoms with Crippen LogP contribution in [0.2, 0.25) is 0 Å². The van der Waals surface area contributed by atoms with Crippen LogP contribution in [0.5, 0.6) is 5.75 Å². The summed E-state index contributed by atoms with van der Waals surface area (Å²) >= 11 is 0. The third-order valence-corrected chi connectivity index (χ3v) is 6.44. The highest BCUT2D eigenvalue weighted by atomic mass is 32.2. The Labute approximate surface area is 152 Å². The van der Waals surface area contributed by atoms with E-state index in [1.165, 1.54) is 20.8 Å². The number of nitrogens with one attached hydrogen (secondary N) is 1. The minimum Gasteiger partial charge on any atom is -0.872 e. The van der Waals surface area contributed by atoms with Gasteiger partial charge in [0.15, 0.2) is 0 Å². The normalized spacial score (nSPS) is 16.5. The summed E-state index contributed by atoms with van der Waals surface area (Å²) < 4.78 is 26.9. The lowest BCUT2D eigenvalue weighted by atomic mass is 10.2. The third kappa shape index (κ3) is 3.87. The molecule has 0 unspecified atom stereocenters. The number of nitrogens with zero attached hydrogens (tertiary/aromatic N) is 1. The van der Waals surface area contributed by atoms with Gasteiger partial charge in [-0.05, 0) is 12.1 Å². The molecule has 1 fully saturated rings. The van der Waals surface area contributed by atoms with Gasteiger partial charge in [0, 0.05) is 5.56 Å². The van der Waals surface area contributed by atoms with Crippen molar-refractivity contribution in [2.75, 3.05) is 26.2 Å². The van der Waals surface area contributed by atoms with Crippen molar-refractivity contribution in [1.29, 1.82) is 0 Å². The van der Waals surface area contributed by atoms with E-state index in [-0.39, 0.29) is 4.90 Å². The van der Waals surface area contributed by atoms with Gasteiger partial charge < -0.3 is 15.1 Å². The zero-order valence-corrected chi connectivity index (χ0v) is 14.9. The van der Waals surface area contributed by atoms with Crippen molar-refractivity contribution >= 4 is 16.0 Å². The van der Waals surface area contributed by atoms with Gasteiger partial charge in [0.25, 0.3) is 0 Å². The van der Waals surface area contributed by atoms with Gasteiger partial charge >= 0.3 is 5.97 Å². The largest absolute Gasteiger partial charge is 0.872 e. The maximum absolute atomic E-state index is 12.8. The molecular formula is C18H20N2O5S. The lowest BCUT2D eigenvalue weighted by molar-refractivity contribution is -0.917. The molecule has 0 amide bonds. The van der Waals surface area contributed by atoms with E-state index in [1.807, 2.05) is 30.3 Å². The zero-order valence-electron chi connectivity index (χ0n) is 14.1. The molecule has 2 N–H and O–H groups in total. The van der Waals surface area contributed by atoms with Gasteiger partial charge in [-0.1, -0.05) is 42.1 Å². The lowest BCUT2D eigenvalue weighted by Gasteiger charge is -2.31. The fourth-order valence-electron chi connectivity index (χ4n) is 3.09. The van der Waals surface area contributed by atoms with Gasteiger partial charge in [0.05, 0.1) is 36.6 Å². The van der Waals surface area contributed by atoms with Crippen LogP contribution in [0.4, 0.5) is 0 Å². The molecule has 0 atom stereocenters. The Morgan fingerprint density at radius 2 is 1.77 bits per heavy atom. The average molecular weight is 376 g/mol. The summed E-state index contributed by atoms with van der Waals surface area (Å²) in [6.45, 7) is 2.87. The number of carboxylic acids is 1. The van der Waals surface area contributed by atoms with Crippen LogP contribution in [0.3, 0.4) is 0 Å². The Hall–Kier alpha value is -2.42. The summed E-state index contributed by atoms with van der Waals surface area (Å²) in [6, 6.07) is 13.1. The second-order valence-electron chi connectivity index (χ2n) is 6.28. The molecule has 0 saturated carbocycles. The summed E-state index contributed by atoms with van der Waals surface area (Å²) in [5.74, 6) is -2.13. The molecule has 0 spiro atoms. The van der Waals surface area contributed by atoms with Crippen LogP contribution in [-0.4, -0.2) is 50.0 Å². The summed E-state index contributed by atoms with van der Waals surface area (Å²) in [4.78, 5) is 12.2. The number of carboxylic acid groups (broad SMARTS) is 1. The smallest absolute Gasteiger partial charge is 0.335 e. The first-order valence-corrected chi connectivity index (χ1v) is 9.74. The Balaban J connectivity index is 1.70. The topological polar surface area (TPSA) is 102 Å². The molecule has 3 rings (SSSR count). The van der Waals surface area contributed by atoms with E-state index in [4.69, 9.17) is 5.11 Å². The van der Waals surface area contributed by atoms with Gasteiger partial charge in [-0.25, -0.2) is 13.2 Å². The molecule has 2 aromatic carbocycles. The molecule has 1 aliphatic rings. The molecule has 8 heteroatoms. The highest BCUT2D eigenvalue weighted by Gasteiger charge is 2.30. The van der Waals surface area contributed by atoms with E-state index in [0.29, 0.717) is 26.2 Å². The highest BCUT2D eigenvalue weighted by Crippen LogP contribution is 2.22. The third-order valence-electron chi connectivity index (χ3n) is 4.55. The molecule has 138 valence electrons.